The van der Waals surface area contributed by atoms with Crippen LogP contribution in [0.4, 0.5) is 0 Å². The van der Waals surface area contributed by atoms with E-state index < -0.39 is 11.7 Å². The Bertz CT molecular complexity index is 493. The van der Waals surface area contributed by atoms with Gasteiger partial charge in [-0.2, -0.15) is 5.26 Å². The van der Waals surface area contributed by atoms with Gasteiger partial charge in [-0.05, 0) is 25.0 Å². The SMILES string of the molecule is N#Cc1ccccc1OCC(O)CNCC1(O)CCCC1. The van der Waals surface area contributed by atoms with E-state index in [0.29, 0.717) is 24.4 Å². The number of hydrogen-bond donors (Lipinski definition) is 3. The molecule has 0 saturated heterocycles. The van der Waals surface area contributed by atoms with E-state index in [1.54, 1.807) is 24.3 Å². The molecule has 5 nitrogen and oxygen atoms in total. The first kappa shape index (κ1) is 15.8. The lowest BCUT2D eigenvalue weighted by Crippen LogP contribution is -2.42. The highest BCUT2D eigenvalue weighted by Gasteiger charge is 2.30. The maximum atomic E-state index is 10.2. The summed E-state index contributed by atoms with van der Waals surface area (Å²) in [6, 6.07) is 8.99. The zero-order valence-corrected chi connectivity index (χ0v) is 12.1. The van der Waals surface area contributed by atoms with Gasteiger partial charge in [0.2, 0.25) is 0 Å². The highest BCUT2D eigenvalue weighted by molar-refractivity contribution is 5.42. The van der Waals surface area contributed by atoms with Crippen LogP contribution in [0.3, 0.4) is 0 Å². The van der Waals surface area contributed by atoms with E-state index in [-0.39, 0.29) is 6.61 Å². The van der Waals surface area contributed by atoms with Gasteiger partial charge in [0.1, 0.15) is 24.5 Å². The van der Waals surface area contributed by atoms with Gasteiger partial charge in [-0.25, -0.2) is 0 Å². The predicted molar refractivity (Wildman–Crippen MR) is 78.9 cm³/mol. The molecule has 3 N–H and O–H groups in total. The van der Waals surface area contributed by atoms with Crippen molar-refractivity contribution in [2.75, 3.05) is 19.7 Å². The van der Waals surface area contributed by atoms with Crippen LogP contribution in [-0.2, 0) is 0 Å². The highest BCUT2D eigenvalue weighted by Crippen LogP contribution is 2.28. The molecule has 114 valence electrons. The third-order valence-electron chi connectivity index (χ3n) is 3.81. The van der Waals surface area contributed by atoms with E-state index in [9.17, 15) is 10.2 Å². The Morgan fingerprint density at radius 3 is 2.76 bits per heavy atom. The molecule has 1 atom stereocenters. The van der Waals surface area contributed by atoms with Crippen molar-refractivity contribution in [2.24, 2.45) is 0 Å². The fourth-order valence-corrected chi connectivity index (χ4v) is 2.61. The van der Waals surface area contributed by atoms with Gasteiger partial charge >= 0.3 is 0 Å². The number of benzene rings is 1. The van der Waals surface area contributed by atoms with Crippen LogP contribution < -0.4 is 10.1 Å². The van der Waals surface area contributed by atoms with Gasteiger partial charge in [0.25, 0.3) is 0 Å². The lowest BCUT2D eigenvalue weighted by atomic mass is 10.0. The number of aliphatic hydroxyl groups excluding tert-OH is 1. The minimum absolute atomic E-state index is 0.115. The molecule has 0 aliphatic heterocycles. The Morgan fingerprint density at radius 1 is 1.33 bits per heavy atom. The lowest BCUT2D eigenvalue weighted by molar-refractivity contribution is 0.0406. The molecule has 1 aliphatic carbocycles. The third-order valence-corrected chi connectivity index (χ3v) is 3.81. The van der Waals surface area contributed by atoms with Gasteiger partial charge in [-0.3, -0.25) is 0 Å². The Morgan fingerprint density at radius 2 is 2.05 bits per heavy atom. The van der Waals surface area contributed by atoms with Crippen LogP contribution in [0, 0.1) is 11.3 Å². The fourth-order valence-electron chi connectivity index (χ4n) is 2.61. The van der Waals surface area contributed by atoms with Crippen LogP contribution in [0.2, 0.25) is 0 Å². The molecule has 0 heterocycles. The molecule has 0 spiro atoms. The lowest BCUT2D eigenvalue weighted by Gasteiger charge is -2.23. The average molecular weight is 290 g/mol. The summed E-state index contributed by atoms with van der Waals surface area (Å²) < 4.78 is 5.46. The topological polar surface area (TPSA) is 85.5 Å². The summed E-state index contributed by atoms with van der Waals surface area (Å²) in [6.07, 6.45) is 3.09. The largest absolute Gasteiger partial charge is 0.489 e. The van der Waals surface area contributed by atoms with E-state index in [0.717, 1.165) is 25.7 Å². The van der Waals surface area contributed by atoms with Crippen molar-refractivity contribution in [1.82, 2.24) is 5.32 Å². The second-order valence-corrected chi connectivity index (χ2v) is 5.64. The molecule has 1 unspecified atom stereocenters. The quantitative estimate of drug-likeness (QED) is 0.702. The van der Waals surface area contributed by atoms with Gasteiger partial charge in [-0.1, -0.05) is 25.0 Å². The molecule has 1 aliphatic rings. The molecule has 0 radical (unpaired) electrons. The van der Waals surface area contributed by atoms with Crippen molar-refractivity contribution in [3.8, 4) is 11.8 Å². The first-order valence-electron chi connectivity index (χ1n) is 7.36. The summed E-state index contributed by atoms with van der Waals surface area (Å²) >= 11 is 0. The second-order valence-electron chi connectivity index (χ2n) is 5.64. The van der Waals surface area contributed by atoms with E-state index in [4.69, 9.17) is 10.00 Å². The Hall–Kier alpha value is -1.61. The molecule has 1 saturated carbocycles. The molecule has 1 aromatic rings. The zero-order chi connectivity index (χ0) is 15.1. The number of nitrogens with one attached hydrogen (secondary N) is 1. The van der Waals surface area contributed by atoms with Gasteiger partial charge in [0, 0.05) is 13.1 Å². The monoisotopic (exact) mass is 290 g/mol. The van der Waals surface area contributed by atoms with Crippen LogP contribution in [0.5, 0.6) is 5.75 Å². The number of aliphatic hydroxyl groups is 2. The molecule has 2 rings (SSSR count). The molecule has 1 aromatic carbocycles. The highest BCUT2D eigenvalue weighted by atomic mass is 16.5. The third kappa shape index (κ3) is 4.71. The standard InChI is InChI=1S/C16H22N2O3/c17-9-13-5-1-2-6-15(13)21-11-14(19)10-18-12-16(20)7-3-4-8-16/h1-2,5-6,14,18-20H,3-4,7-8,10-12H2. The summed E-state index contributed by atoms with van der Waals surface area (Å²) in [6.45, 7) is 0.972. The summed E-state index contributed by atoms with van der Waals surface area (Å²) in [7, 11) is 0. The van der Waals surface area contributed by atoms with E-state index in [1.165, 1.54) is 0 Å². The minimum atomic E-state index is -0.679. The number of ether oxygens (including phenoxy) is 1. The van der Waals surface area contributed by atoms with E-state index in [1.807, 2.05) is 6.07 Å². The number of para-hydroxylation sites is 1. The fraction of sp³-hybridized carbons (Fsp3) is 0.562. The zero-order valence-electron chi connectivity index (χ0n) is 12.1. The smallest absolute Gasteiger partial charge is 0.137 e. The first-order valence-corrected chi connectivity index (χ1v) is 7.36. The second kappa shape index (κ2) is 7.41. The number of hydrogen-bond acceptors (Lipinski definition) is 5. The summed E-state index contributed by atoms with van der Waals surface area (Å²) in [5, 5.41) is 32.1. The maximum absolute atomic E-state index is 10.2. The molecule has 0 amide bonds. The van der Waals surface area contributed by atoms with Crippen molar-refractivity contribution in [2.45, 2.75) is 37.4 Å². The molecule has 0 bridgehead atoms. The van der Waals surface area contributed by atoms with E-state index >= 15 is 0 Å². The van der Waals surface area contributed by atoms with Crippen molar-refractivity contribution in [1.29, 1.82) is 5.26 Å². The van der Waals surface area contributed by atoms with Crippen molar-refractivity contribution in [3.63, 3.8) is 0 Å². The number of rotatable bonds is 7. The first-order chi connectivity index (χ1) is 10.1. The summed E-state index contributed by atoms with van der Waals surface area (Å²) in [4.78, 5) is 0. The Kier molecular flexibility index (Phi) is 5.57. The summed E-state index contributed by atoms with van der Waals surface area (Å²) in [5.41, 5.74) is -0.161. The van der Waals surface area contributed by atoms with E-state index in [2.05, 4.69) is 5.32 Å². The number of nitriles is 1. The normalized spacial score (nSPS) is 18.1. The van der Waals surface area contributed by atoms with Crippen LogP contribution in [0.1, 0.15) is 31.2 Å². The van der Waals surface area contributed by atoms with Gasteiger partial charge in [-0.15, -0.1) is 0 Å². The van der Waals surface area contributed by atoms with Gasteiger partial charge in [0.05, 0.1) is 11.2 Å². The van der Waals surface area contributed by atoms with Gasteiger partial charge in [0.15, 0.2) is 0 Å². The van der Waals surface area contributed by atoms with Crippen LogP contribution in [0.25, 0.3) is 0 Å². The van der Waals surface area contributed by atoms with Crippen molar-refractivity contribution >= 4 is 0 Å². The van der Waals surface area contributed by atoms with Crippen molar-refractivity contribution in [3.05, 3.63) is 29.8 Å². The van der Waals surface area contributed by atoms with Crippen LogP contribution in [-0.4, -0.2) is 41.6 Å². The predicted octanol–water partition coefficient (Wildman–Crippen LogP) is 1.19. The van der Waals surface area contributed by atoms with Gasteiger partial charge < -0.3 is 20.3 Å². The number of nitrogens with zero attached hydrogens (tertiary/aromatic N) is 1. The average Bonchev–Trinajstić information content (AvgIpc) is 2.92. The molecule has 5 heteroatoms. The summed E-state index contributed by atoms with van der Waals surface area (Å²) in [5.74, 6) is 0.480. The molecule has 21 heavy (non-hydrogen) atoms. The minimum Gasteiger partial charge on any atom is -0.489 e. The Labute approximate surface area is 125 Å². The van der Waals surface area contributed by atoms with Crippen LogP contribution in [0.15, 0.2) is 24.3 Å². The molecular formula is C16H22N2O3. The van der Waals surface area contributed by atoms with Crippen molar-refractivity contribution < 1.29 is 14.9 Å². The maximum Gasteiger partial charge on any atom is 0.137 e. The van der Waals surface area contributed by atoms with Crippen LogP contribution >= 0.6 is 0 Å². The molecule has 1 fully saturated rings. The Balaban J connectivity index is 1.70. The molecule has 0 aromatic heterocycles. The molecular weight excluding hydrogens is 268 g/mol.